The van der Waals surface area contributed by atoms with Crippen LogP contribution in [0.3, 0.4) is 0 Å². The number of hydrogen-bond acceptors (Lipinski definition) is 4. The summed E-state index contributed by atoms with van der Waals surface area (Å²) >= 11 is 0. The molecule has 1 unspecified atom stereocenters. The molecule has 0 aliphatic rings. The molecule has 4 heteroatoms. The number of rotatable bonds is 7. The Hall–Kier alpha value is -1.29. The summed E-state index contributed by atoms with van der Waals surface area (Å²) in [5.74, 6) is 0. The van der Waals surface area contributed by atoms with Crippen molar-refractivity contribution in [2.45, 2.75) is 26.3 Å². The lowest BCUT2D eigenvalue weighted by molar-refractivity contribution is 0.326. The van der Waals surface area contributed by atoms with Crippen LogP contribution in [-0.4, -0.2) is 43.1 Å². The Morgan fingerprint density at radius 2 is 1.88 bits per heavy atom. The summed E-state index contributed by atoms with van der Waals surface area (Å²) < 4.78 is 0. The molecule has 0 aliphatic carbocycles. The van der Waals surface area contributed by atoms with Gasteiger partial charge in [-0.25, -0.2) is 0 Å². The van der Waals surface area contributed by atoms with Crippen LogP contribution in [0.25, 0.3) is 0 Å². The second-order valence-corrected chi connectivity index (χ2v) is 4.58. The van der Waals surface area contributed by atoms with E-state index in [0.717, 1.165) is 30.9 Å². The van der Waals surface area contributed by atoms with Crippen LogP contribution < -0.4 is 10.6 Å². The molecule has 1 rings (SSSR count). The van der Waals surface area contributed by atoms with Crippen LogP contribution in [0, 0.1) is 0 Å². The molecule has 0 aliphatic heterocycles. The SMILES string of the molecule is CCCNc1cncc(NCC(C)N(C)C)c1. The van der Waals surface area contributed by atoms with Gasteiger partial charge in [-0.3, -0.25) is 4.98 Å². The van der Waals surface area contributed by atoms with E-state index in [0.29, 0.717) is 6.04 Å². The van der Waals surface area contributed by atoms with Gasteiger partial charge in [0.2, 0.25) is 0 Å². The molecule has 96 valence electrons. The van der Waals surface area contributed by atoms with Gasteiger partial charge in [0.05, 0.1) is 23.8 Å². The number of hydrogen-bond donors (Lipinski definition) is 2. The maximum absolute atomic E-state index is 4.22. The van der Waals surface area contributed by atoms with E-state index in [9.17, 15) is 0 Å². The van der Waals surface area contributed by atoms with E-state index in [2.05, 4.69) is 54.5 Å². The van der Waals surface area contributed by atoms with Crippen LogP contribution in [0.15, 0.2) is 18.5 Å². The van der Waals surface area contributed by atoms with Gasteiger partial charge in [0.1, 0.15) is 0 Å². The lowest BCUT2D eigenvalue weighted by atomic mass is 10.3. The second-order valence-electron chi connectivity index (χ2n) is 4.58. The first-order chi connectivity index (χ1) is 8.13. The molecule has 0 saturated carbocycles. The molecule has 0 spiro atoms. The van der Waals surface area contributed by atoms with Crippen molar-refractivity contribution in [2.24, 2.45) is 0 Å². The zero-order valence-corrected chi connectivity index (χ0v) is 11.3. The molecule has 0 fully saturated rings. The average Bonchev–Trinajstić information content (AvgIpc) is 2.33. The van der Waals surface area contributed by atoms with Crippen LogP contribution in [0.2, 0.25) is 0 Å². The number of likely N-dealkylation sites (N-methyl/N-ethyl adjacent to an activating group) is 1. The van der Waals surface area contributed by atoms with Gasteiger partial charge in [-0.15, -0.1) is 0 Å². The van der Waals surface area contributed by atoms with Crippen LogP contribution in [0.4, 0.5) is 11.4 Å². The number of aromatic nitrogens is 1. The van der Waals surface area contributed by atoms with E-state index >= 15 is 0 Å². The third kappa shape index (κ3) is 5.04. The molecular weight excluding hydrogens is 212 g/mol. The Labute approximate surface area is 104 Å². The Morgan fingerprint density at radius 3 is 2.47 bits per heavy atom. The minimum atomic E-state index is 0.502. The highest BCUT2D eigenvalue weighted by Crippen LogP contribution is 2.13. The Balaban J connectivity index is 2.48. The second kappa shape index (κ2) is 7.12. The minimum Gasteiger partial charge on any atom is -0.384 e. The Morgan fingerprint density at radius 1 is 1.24 bits per heavy atom. The number of pyridine rings is 1. The van der Waals surface area contributed by atoms with E-state index in [1.807, 2.05) is 12.4 Å². The fourth-order valence-corrected chi connectivity index (χ4v) is 1.35. The monoisotopic (exact) mass is 236 g/mol. The predicted octanol–water partition coefficient (Wildman–Crippen LogP) is 2.27. The molecule has 4 nitrogen and oxygen atoms in total. The number of nitrogens with zero attached hydrogens (tertiary/aromatic N) is 2. The highest BCUT2D eigenvalue weighted by atomic mass is 15.1. The summed E-state index contributed by atoms with van der Waals surface area (Å²) in [5, 5.41) is 6.73. The van der Waals surface area contributed by atoms with E-state index < -0.39 is 0 Å². The molecule has 1 atom stereocenters. The third-order valence-electron chi connectivity index (χ3n) is 2.80. The molecule has 0 bridgehead atoms. The smallest absolute Gasteiger partial charge is 0.0548 e. The van der Waals surface area contributed by atoms with Crippen molar-refractivity contribution in [3.05, 3.63) is 18.5 Å². The summed E-state index contributed by atoms with van der Waals surface area (Å²) in [5.41, 5.74) is 2.15. The normalized spacial score (nSPS) is 12.5. The minimum absolute atomic E-state index is 0.502. The largest absolute Gasteiger partial charge is 0.384 e. The van der Waals surface area contributed by atoms with Crippen molar-refractivity contribution in [3.8, 4) is 0 Å². The molecule has 0 amide bonds. The summed E-state index contributed by atoms with van der Waals surface area (Å²) in [6.07, 6.45) is 4.84. The van der Waals surface area contributed by atoms with Gasteiger partial charge in [-0.05, 0) is 33.5 Å². The lowest BCUT2D eigenvalue weighted by Crippen LogP contribution is -2.31. The standard InChI is InChI=1S/C13H24N4/c1-5-6-15-12-7-13(10-14-9-12)16-8-11(2)17(3)4/h7,9-11,15-16H,5-6,8H2,1-4H3. The lowest BCUT2D eigenvalue weighted by Gasteiger charge is -2.20. The Bertz CT molecular complexity index is 325. The first-order valence-corrected chi connectivity index (χ1v) is 6.22. The maximum atomic E-state index is 4.22. The van der Waals surface area contributed by atoms with Crippen LogP contribution in [-0.2, 0) is 0 Å². The van der Waals surface area contributed by atoms with Crippen LogP contribution >= 0.6 is 0 Å². The van der Waals surface area contributed by atoms with Crippen molar-refractivity contribution in [1.82, 2.24) is 9.88 Å². The molecule has 0 saturated heterocycles. The van der Waals surface area contributed by atoms with Gasteiger partial charge in [-0.2, -0.15) is 0 Å². The zero-order chi connectivity index (χ0) is 12.7. The summed E-state index contributed by atoms with van der Waals surface area (Å²) in [7, 11) is 4.17. The molecule has 2 N–H and O–H groups in total. The fourth-order valence-electron chi connectivity index (χ4n) is 1.35. The average molecular weight is 236 g/mol. The van der Waals surface area contributed by atoms with Gasteiger partial charge in [0.25, 0.3) is 0 Å². The zero-order valence-electron chi connectivity index (χ0n) is 11.3. The molecule has 1 aromatic heterocycles. The van der Waals surface area contributed by atoms with E-state index in [1.165, 1.54) is 0 Å². The van der Waals surface area contributed by atoms with Crippen LogP contribution in [0.5, 0.6) is 0 Å². The topological polar surface area (TPSA) is 40.2 Å². The van der Waals surface area contributed by atoms with Crippen molar-refractivity contribution in [3.63, 3.8) is 0 Å². The van der Waals surface area contributed by atoms with Gasteiger partial charge in [0, 0.05) is 19.1 Å². The van der Waals surface area contributed by atoms with Gasteiger partial charge in [0.15, 0.2) is 0 Å². The summed E-state index contributed by atoms with van der Waals surface area (Å²) in [6.45, 7) is 6.26. The highest BCUT2D eigenvalue weighted by molar-refractivity contribution is 5.53. The number of anilines is 2. The first-order valence-electron chi connectivity index (χ1n) is 6.22. The molecule has 0 radical (unpaired) electrons. The van der Waals surface area contributed by atoms with E-state index in [4.69, 9.17) is 0 Å². The summed E-state index contributed by atoms with van der Waals surface area (Å²) in [6, 6.07) is 2.60. The highest BCUT2D eigenvalue weighted by Gasteiger charge is 2.04. The van der Waals surface area contributed by atoms with Gasteiger partial charge >= 0.3 is 0 Å². The third-order valence-corrected chi connectivity index (χ3v) is 2.80. The summed E-state index contributed by atoms with van der Waals surface area (Å²) in [4.78, 5) is 6.42. The maximum Gasteiger partial charge on any atom is 0.0548 e. The molecular formula is C13H24N4. The van der Waals surface area contributed by atoms with Crippen molar-refractivity contribution < 1.29 is 0 Å². The quantitative estimate of drug-likeness (QED) is 0.762. The molecule has 17 heavy (non-hydrogen) atoms. The van der Waals surface area contributed by atoms with E-state index in [1.54, 1.807) is 0 Å². The Kier molecular flexibility index (Phi) is 5.77. The van der Waals surface area contributed by atoms with Crippen molar-refractivity contribution in [1.29, 1.82) is 0 Å². The van der Waals surface area contributed by atoms with Crippen molar-refractivity contribution in [2.75, 3.05) is 37.8 Å². The predicted molar refractivity (Wildman–Crippen MR) is 74.7 cm³/mol. The molecule has 0 aromatic carbocycles. The van der Waals surface area contributed by atoms with Crippen LogP contribution in [0.1, 0.15) is 20.3 Å². The van der Waals surface area contributed by atoms with Crippen molar-refractivity contribution >= 4 is 11.4 Å². The first kappa shape index (κ1) is 13.8. The molecule has 1 aromatic rings. The fraction of sp³-hybridized carbons (Fsp3) is 0.615. The van der Waals surface area contributed by atoms with Gasteiger partial charge in [-0.1, -0.05) is 6.92 Å². The number of nitrogens with one attached hydrogen (secondary N) is 2. The van der Waals surface area contributed by atoms with E-state index in [-0.39, 0.29) is 0 Å². The molecule has 1 heterocycles. The van der Waals surface area contributed by atoms with Gasteiger partial charge < -0.3 is 15.5 Å².